The van der Waals surface area contributed by atoms with Gasteiger partial charge in [0.2, 0.25) is 0 Å². The van der Waals surface area contributed by atoms with Crippen LogP contribution in [0.5, 0.6) is 11.5 Å². The molecule has 0 aliphatic heterocycles. The number of carbonyl (C=O) groups is 2. The molecule has 0 saturated heterocycles. The van der Waals surface area contributed by atoms with Crippen LogP contribution >= 0.6 is 0 Å². The number of fused-ring (bicyclic) bond motifs is 7. The fourth-order valence-electron chi connectivity index (χ4n) is 11.7. The minimum absolute atomic E-state index is 0.00683. The molecule has 0 spiro atoms. The second-order valence-corrected chi connectivity index (χ2v) is 17.4. The number of hydrogen-bond donors (Lipinski definition) is 4. The Balaban J connectivity index is 1.27. The molecule has 0 aromatic heterocycles. The molecule has 0 radical (unpaired) electrons. The van der Waals surface area contributed by atoms with Gasteiger partial charge in [0.15, 0.2) is 11.5 Å². The SMILES string of the molecule is CC1(C)CC[C@]2(C(=O)O)CC[C@]3(C)C(=CC[C@@H]4[C@@]5(C)CC[C@H](O)[C@@](C)(COC(=O)C=Cc6ccc(O)c(O)c6)[C@@H]5CC[C@]43C)[C@H]2C1. The summed E-state index contributed by atoms with van der Waals surface area (Å²) in [7, 11) is 0. The molecule has 46 heavy (non-hydrogen) atoms. The molecule has 1 aromatic rings. The van der Waals surface area contributed by atoms with Crippen molar-refractivity contribution in [3.8, 4) is 11.5 Å². The fraction of sp³-hybridized carbons (Fsp3) is 0.692. The van der Waals surface area contributed by atoms with Crippen LogP contribution in [0.25, 0.3) is 6.08 Å². The first kappa shape index (κ1) is 33.1. The number of carbonyl (C=O) groups excluding carboxylic acids is 1. The Kier molecular flexibility index (Phi) is 7.82. The molecular formula is C39H54O7. The van der Waals surface area contributed by atoms with Crippen molar-refractivity contribution in [2.75, 3.05) is 6.61 Å². The number of aliphatic hydroxyl groups excluding tert-OH is 1. The van der Waals surface area contributed by atoms with E-state index < -0.39 is 28.9 Å². The van der Waals surface area contributed by atoms with Crippen LogP contribution in [0.1, 0.15) is 111 Å². The maximum Gasteiger partial charge on any atom is 0.330 e. The molecular weight excluding hydrogens is 580 g/mol. The Labute approximate surface area is 274 Å². The summed E-state index contributed by atoms with van der Waals surface area (Å²) in [5.74, 6) is -0.973. The van der Waals surface area contributed by atoms with Crippen LogP contribution in [-0.2, 0) is 14.3 Å². The second kappa shape index (κ2) is 10.9. The lowest BCUT2D eigenvalue weighted by Gasteiger charge is -2.71. The molecule has 9 atom stereocenters. The van der Waals surface area contributed by atoms with E-state index >= 15 is 0 Å². The van der Waals surface area contributed by atoms with Gasteiger partial charge in [0, 0.05) is 11.5 Å². The number of phenolic OH excluding ortho intramolecular Hbond substituents is 2. The van der Waals surface area contributed by atoms with Gasteiger partial charge in [-0.15, -0.1) is 0 Å². The standard InChI is InChI=1S/C39H54O7/c1-34(2)17-19-39(33(44)45)20-18-37(5)25(26(39)22-34)9-11-30-35(3)15-14-31(42)36(4,29(35)13-16-38(30,37)6)23-46-32(43)12-8-24-7-10-27(40)28(41)21-24/h7-10,12,21,26,29-31,40-42H,11,13-20,22-23H2,1-6H3,(H,44,45)/t26-,29-,30-,31+,35+,36+,37-,38-,39+/m1/s1. The molecule has 0 amide bonds. The smallest absolute Gasteiger partial charge is 0.330 e. The number of phenols is 2. The molecule has 4 N–H and O–H groups in total. The molecule has 1 aromatic carbocycles. The monoisotopic (exact) mass is 634 g/mol. The number of aromatic hydroxyl groups is 2. The van der Waals surface area contributed by atoms with E-state index in [4.69, 9.17) is 4.74 Å². The molecule has 0 heterocycles. The summed E-state index contributed by atoms with van der Waals surface area (Å²) in [6.45, 7) is 14.2. The predicted octanol–water partition coefficient (Wildman–Crippen LogP) is 7.88. The van der Waals surface area contributed by atoms with E-state index in [0.717, 1.165) is 57.8 Å². The Morgan fingerprint density at radius 1 is 0.913 bits per heavy atom. The number of carboxylic acid groups (broad SMARTS) is 1. The van der Waals surface area contributed by atoms with Crippen LogP contribution in [0.4, 0.5) is 0 Å². The maximum atomic E-state index is 12.9. The number of aliphatic hydroxyl groups is 1. The van der Waals surface area contributed by atoms with Crippen molar-refractivity contribution in [2.24, 2.45) is 50.2 Å². The van der Waals surface area contributed by atoms with Gasteiger partial charge in [-0.2, -0.15) is 0 Å². The highest BCUT2D eigenvalue weighted by atomic mass is 16.5. The van der Waals surface area contributed by atoms with Crippen LogP contribution < -0.4 is 0 Å². The molecule has 4 fully saturated rings. The normalized spacial score (nSPS) is 43.0. The first-order chi connectivity index (χ1) is 21.4. The fourth-order valence-corrected chi connectivity index (χ4v) is 11.7. The molecule has 5 aliphatic carbocycles. The van der Waals surface area contributed by atoms with E-state index in [0.29, 0.717) is 17.9 Å². The summed E-state index contributed by atoms with van der Waals surface area (Å²) >= 11 is 0. The summed E-state index contributed by atoms with van der Waals surface area (Å²) in [6.07, 6.45) is 13.5. The van der Waals surface area contributed by atoms with Crippen molar-refractivity contribution in [3.05, 3.63) is 41.5 Å². The van der Waals surface area contributed by atoms with Crippen LogP contribution in [0, 0.1) is 50.2 Å². The van der Waals surface area contributed by atoms with Gasteiger partial charge in [0.25, 0.3) is 0 Å². The number of aliphatic carboxylic acids is 1. The highest BCUT2D eigenvalue weighted by molar-refractivity contribution is 5.87. The van der Waals surface area contributed by atoms with Crippen LogP contribution in [0.3, 0.4) is 0 Å². The molecule has 252 valence electrons. The summed E-state index contributed by atoms with van der Waals surface area (Å²) in [5.41, 5.74) is 0.719. The average Bonchev–Trinajstić information content (AvgIpc) is 2.99. The number of benzene rings is 1. The van der Waals surface area contributed by atoms with E-state index in [1.54, 1.807) is 12.1 Å². The summed E-state index contributed by atoms with van der Waals surface area (Å²) in [4.78, 5) is 25.8. The van der Waals surface area contributed by atoms with Crippen molar-refractivity contribution in [1.82, 2.24) is 0 Å². The lowest BCUT2D eigenvalue weighted by Crippen LogP contribution is -2.66. The van der Waals surface area contributed by atoms with Gasteiger partial charge in [0.1, 0.15) is 0 Å². The minimum atomic E-state index is -0.653. The highest BCUT2D eigenvalue weighted by Gasteiger charge is 2.69. The zero-order valence-electron chi connectivity index (χ0n) is 28.6. The number of allylic oxidation sites excluding steroid dienone is 2. The molecule has 7 heteroatoms. The third kappa shape index (κ3) is 4.77. The summed E-state index contributed by atoms with van der Waals surface area (Å²) < 4.78 is 5.84. The van der Waals surface area contributed by atoms with Gasteiger partial charge in [0.05, 0.1) is 18.1 Å². The van der Waals surface area contributed by atoms with Crippen molar-refractivity contribution in [1.29, 1.82) is 0 Å². The summed E-state index contributed by atoms with van der Waals surface area (Å²) in [6, 6.07) is 4.35. The van der Waals surface area contributed by atoms with Crippen molar-refractivity contribution in [2.45, 2.75) is 112 Å². The number of carboxylic acids is 1. The van der Waals surface area contributed by atoms with E-state index in [1.807, 2.05) is 0 Å². The van der Waals surface area contributed by atoms with E-state index in [1.165, 1.54) is 23.8 Å². The van der Waals surface area contributed by atoms with Gasteiger partial charge in [-0.1, -0.05) is 59.3 Å². The lowest BCUT2D eigenvalue weighted by molar-refractivity contribution is -0.219. The number of esters is 1. The van der Waals surface area contributed by atoms with Crippen molar-refractivity contribution >= 4 is 18.0 Å². The van der Waals surface area contributed by atoms with E-state index in [9.17, 15) is 30.0 Å². The van der Waals surface area contributed by atoms with Gasteiger partial charge in [-0.25, -0.2) is 4.79 Å². The largest absolute Gasteiger partial charge is 0.504 e. The maximum absolute atomic E-state index is 12.9. The Morgan fingerprint density at radius 3 is 2.33 bits per heavy atom. The highest BCUT2D eigenvalue weighted by Crippen LogP contribution is 2.75. The number of ether oxygens (including phenoxy) is 1. The molecule has 5 aliphatic rings. The Bertz CT molecular complexity index is 1480. The molecule has 6 rings (SSSR count). The van der Waals surface area contributed by atoms with E-state index in [2.05, 4.69) is 47.6 Å². The molecule has 7 nitrogen and oxygen atoms in total. The summed E-state index contributed by atoms with van der Waals surface area (Å²) in [5, 5.41) is 41.4. The predicted molar refractivity (Wildman–Crippen MR) is 177 cm³/mol. The zero-order valence-corrected chi connectivity index (χ0v) is 28.6. The topological polar surface area (TPSA) is 124 Å². The molecule has 4 saturated carbocycles. The minimum Gasteiger partial charge on any atom is -0.504 e. The van der Waals surface area contributed by atoms with Gasteiger partial charge >= 0.3 is 11.9 Å². The van der Waals surface area contributed by atoms with Crippen molar-refractivity contribution < 1.29 is 34.8 Å². The van der Waals surface area contributed by atoms with Crippen LogP contribution in [0.2, 0.25) is 0 Å². The number of rotatable bonds is 5. The van der Waals surface area contributed by atoms with E-state index in [-0.39, 0.29) is 51.6 Å². The van der Waals surface area contributed by atoms with Crippen LogP contribution in [-0.4, -0.2) is 45.1 Å². The number of hydrogen-bond acceptors (Lipinski definition) is 6. The third-order valence-electron chi connectivity index (χ3n) is 14.8. The third-order valence-corrected chi connectivity index (χ3v) is 14.8. The first-order valence-electron chi connectivity index (χ1n) is 17.4. The second-order valence-electron chi connectivity index (χ2n) is 17.4. The average molecular weight is 635 g/mol. The molecule has 0 bridgehead atoms. The first-order valence-corrected chi connectivity index (χ1v) is 17.4. The van der Waals surface area contributed by atoms with Gasteiger partial charge in [-0.05, 0) is 127 Å². The quantitative estimate of drug-likeness (QED) is 0.112. The Morgan fingerprint density at radius 2 is 1.63 bits per heavy atom. The van der Waals surface area contributed by atoms with Gasteiger partial charge < -0.3 is 25.2 Å². The molecule has 0 unspecified atom stereocenters. The van der Waals surface area contributed by atoms with Crippen LogP contribution in [0.15, 0.2) is 35.9 Å². The zero-order chi connectivity index (χ0) is 33.5. The van der Waals surface area contributed by atoms with Crippen molar-refractivity contribution in [3.63, 3.8) is 0 Å². The van der Waals surface area contributed by atoms with Gasteiger partial charge in [-0.3, -0.25) is 4.79 Å². The lowest BCUT2D eigenvalue weighted by atomic mass is 9.33. The Hall–Kier alpha value is -2.80.